The van der Waals surface area contributed by atoms with E-state index < -0.39 is 0 Å². The van der Waals surface area contributed by atoms with Gasteiger partial charge in [-0.05, 0) is 36.1 Å². The Balaban J connectivity index is 1.85. The van der Waals surface area contributed by atoms with Crippen LogP contribution in [-0.2, 0) is 6.42 Å². The molecule has 88 valence electrons. The van der Waals surface area contributed by atoms with Gasteiger partial charge in [0.05, 0.1) is 0 Å². The van der Waals surface area contributed by atoms with Crippen LogP contribution in [0.4, 0.5) is 0 Å². The average Bonchev–Trinajstić information content (AvgIpc) is 3.02. The quantitative estimate of drug-likeness (QED) is 0.603. The van der Waals surface area contributed by atoms with E-state index in [0.29, 0.717) is 5.92 Å². The summed E-state index contributed by atoms with van der Waals surface area (Å²) >= 11 is 0. The Bertz CT molecular complexity index is 675. The average molecular weight is 234 g/mol. The SMILES string of the molecule is c1ccc2c(c1)CCC2c1cc2ccccc2o1. The van der Waals surface area contributed by atoms with Crippen LogP contribution >= 0.6 is 0 Å². The molecule has 0 fully saturated rings. The van der Waals surface area contributed by atoms with E-state index in [0.717, 1.165) is 17.8 Å². The maximum Gasteiger partial charge on any atom is 0.134 e. The molecule has 0 spiro atoms. The monoisotopic (exact) mass is 234 g/mol. The number of hydrogen-bond donors (Lipinski definition) is 0. The molecule has 2 aromatic carbocycles. The summed E-state index contributed by atoms with van der Waals surface area (Å²) in [5.41, 5.74) is 3.91. The molecule has 18 heavy (non-hydrogen) atoms. The van der Waals surface area contributed by atoms with E-state index in [-0.39, 0.29) is 0 Å². The van der Waals surface area contributed by atoms with E-state index >= 15 is 0 Å². The van der Waals surface area contributed by atoms with Gasteiger partial charge in [0.2, 0.25) is 0 Å². The Kier molecular flexibility index (Phi) is 2.07. The Hall–Kier alpha value is -2.02. The molecule has 0 bridgehead atoms. The highest BCUT2D eigenvalue weighted by Crippen LogP contribution is 2.39. The van der Waals surface area contributed by atoms with Crippen LogP contribution in [0.2, 0.25) is 0 Å². The molecule has 0 N–H and O–H groups in total. The molecular formula is C17H14O. The zero-order chi connectivity index (χ0) is 11.9. The Labute approximate surface area is 106 Å². The van der Waals surface area contributed by atoms with Crippen molar-refractivity contribution in [1.82, 2.24) is 0 Å². The predicted molar refractivity (Wildman–Crippen MR) is 72.8 cm³/mol. The van der Waals surface area contributed by atoms with Crippen molar-refractivity contribution in [2.45, 2.75) is 18.8 Å². The second kappa shape index (κ2) is 3.74. The molecule has 1 aromatic heterocycles. The zero-order valence-electron chi connectivity index (χ0n) is 10.1. The van der Waals surface area contributed by atoms with Gasteiger partial charge in [-0.25, -0.2) is 0 Å². The van der Waals surface area contributed by atoms with Gasteiger partial charge in [0.1, 0.15) is 11.3 Å². The minimum absolute atomic E-state index is 0.439. The minimum Gasteiger partial charge on any atom is -0.460 e. The van der Waals surface area contributed by atoms with Crippen LogP contribution in [0.25, 0.3) is 11.0 Å². The second-order valence-electron chi connectivity index (χ2n) is 4.98. The molecule has 1 aliphatic carbocycles. The van der Waals surface area contributed by atoms with Crippen LogP contribution < -0.4 is 0 Å². The highest BCUT2D eigenvalue weighted by atomic mass is 16.3. The number of aryl methyl sites for hydroxylation is 1. The van der Waals surface area contributed by atoms with Gasteiger partial charge in [0, 0.05) is 11.3 Å². The molecule has 0 saturated carbocycles. The van der Waals surface area contributed by atoms with Crippen LogP contribution in [0.1, 0.15) is 29.2 Å². The lowest BCUT2D eigenvalue weighted by Crippen LogP contribution is -1.93. The molecule has 0 saturated heterocycles. The third kappa shape index (κ3) is 1.40. The van der Waals surface area contributed by atoms with E-state index in [2.05, 4.69) is 42.5 Å². The van der Waals surface area contributed by atoms with Crippen LogP contribution in [-0.4, -0.2) is 0 Å². The van der Waals surface area contributed by atoms with Crippen molar-refractivity contribution in [2.24, 2.45) is 0 Å². The molecule has 1 heterocycles. The van der Waals surface area contributed by atoms with Crippen LogP contribution in [0.3, 0.4) is 0 Å². The normalized spacial score (nSPS) is 18.1. The van der Waals surface area contributed by atoms with Gasteiger partial charge in [-0.3, -0.25) is 0 Å². The van der Waals surface area contributed by atoms with E-state index in [1.165, 1.54) is 22.9 Å². The number of para-hydroxylation sites is 1. The number of benzene rings is 2. The van der Waals surface area contributed by atoms with Crippen LogP contribution in [0.15, 0.2) is 59.0 Å². The van der Waals surface area contributed by atoms with Crippen molar-refractivity contribution in [1.29, 1.82) is 0 Å². The number of fused-ring (bicyclic) bond motifs is 2. The second-order valence-corrected chi connectivity index (χ2v) is 4.98. The van der Waals surface area contributed by atoms with E-state index in [1.807, 2.05) is 12.1 Å². The van der Waals surface area contributed by atoms with Gasteiger partial charge in [0.15, 0.2) is 0 Å². The Morgan fingerprint density at radius 2 is 1.78 bits per heavy atom. The molecule has 1 aliphatic rings. The molecule has 1 nitrogen and oxygen atoms in total. The summed E-state index contributed by atoms with van der Waals surface area (Å²) < 4.78 is 6.01. The lowest BCUT2D eigenvalue weighted by atomic mass is 9.99. The van der Waals surface area contributed by atoms with Crippen LogP contribution in [0.5, 0.6) is 0 Å². The Morgan fingerprint density at radius 3 is 2.72 bits per heavy atom. The molecular weight excluding hydrogens is 220 g/mol. The molecule has 1 atom stereocenters. The van der Waals surface area contributed by atoms with Gasteiger partial charge in [-0.15, -0.1) is 0 Å². The molecule has 3 aromatic rings. The smallest absolute Gasteiger partial charge is 0.134 e. The summed E-state index contributed by atoms with van der Waals surface area (Å²) in [6, 6.07) is 19.2. The lowest BCUT2D eigenvalue weighted by Gasteiger charge is -2.07. The van der Waals surface area contributed by atoms with Gasteiger partial charge >= 0.3 is 0 Å². The standard InChI is InChI=1S/C17H14O/c1-3-7-14-12(5-1)9-10-15(14)17-11-13-6-2-4-8-16(13)18-17/h1-8,11,15H,9-10H2. The fourth-order valence-electron chi connectivity index (χ4n) is 3.03. The van der Waals surface area contributed by atoms with E-state index in [1.54, 1.807) is 0 Å². The third-order valence-corrected chi connectivity index (χ3v) is 3.92. The number of rotatable bonds is 1. The van der Waals surface area contributed by atoms with Crippen molar-refractivity contribution >= 4 is 11.0 Å². The highest BCUT2D eigenvalue weighted by molar-refractivity contribution is 5.78. The molecule has 1 unspecified atom stereocenters. The first-order valence-electron chi connectivity index (χ1n) is 6.48. The third-order valence-electron chi connectivity index (χ3n) is 3.92. The number of furan rings is 1. The first kappa shape index (κ1) is 9.95. The summed E-state index contributed by atoms with van der Waals surface area (Å²) in [4.78, 5) is 0. The van der Waals surface area contributed by atoms with Crippen molar-refractivity contribution in [3.63, 3.8) is 0 Å². The largest absolute Gasteiger partial charge is 0.460 e. The van der Waals surface area contributed by atoms with Crippen molar-refractivity contribution in [3.05, 3.63) is 71.5 Å². The molecule has 4 rings (SSSR count). The Morgan fingerprint density at radius 1 is 0.944 bits per heavy atom. The summed E-state index contributed by atoms with van der Waals surface area (Å²) in [7, 11) is 0. The topological polar surface area (TPSA) is 13.1 Å². The first-order valence-corrected chi connectivity index (χ1v) is 6.48. The van der Waals surface area contributed by atoms with Crippen molar-refractivity contribution < 1.29 is 4.42 Å². The van der Waals surface area contributed by atoms with Gasteiger partial charge < -0.3 is 4.42 Å². The highest BCUT2D eigenvalue weighted by Gasteiger charge is 2.26. The van der Waals surface area contributed by atoms with E-state index in [9.17, 15) is 0 Å². The molecule has 0 radical (unpaired) electrons. The summed E-state index contributed by atoms with van der Waals surface area (Å²) in [5, 5.41) is 1.21. The summed E-state index contributed by atoms with van der Waals surface area (Å²) in [6.45, 7) is 0. The summed E-state index contributed by atoms with van der Waals surface area (Å²) in [6.07, 6.45) is 2.33. The van der Waals surface area contributed by atoms with Crippen molar-refractivity contribution in [2.75, 3.05) is 0 Å². The zero-order valence-corrected chi connectivity index (χ0v) is 10.1. The van der Waals surface area contributed by atoms with E-state index in [4.69, 9.17) is 4.42 Å². The first-order chi connectivity index (χ1) is 8.92. The lowest BCUT2D eigenvalue weighted by molar-refractivity contribution is 0.517. The predicted octanol–water partition coefficient (Wildman–Crippen LogP) is 4.51. The van der Waals surface area contributed by atoms with Crippen molar-refractivity contribution in [3.8, 4) is 0 Å². The van der Waals surface area contributed by atoms with Gasteiger partial charge in [-0.2, -0.15) is 0 Å². The molecule has 0 amide bonds. The van der Waals surface area contributed by atoms with Gasteiger partial charge in [0.25, 0.3) is 0 Å². The molecule has 1 heteroatoms. The molecule has 0 aliphatic heterocycles. The summed E-state index contributed by atoms with van der Waals surface area (Å²) in [5.74, 6) is 1.55. The maximum atomic E-state index is 6.01. The number of hydrogen-bond acceptors (Lipinski definition) is 1. The van der Waals surface area contributed by atoms with Crippen LogP contribution in [0, 0.1) is 0 Å². The van der Waals surface area contributed by atoms with Gasteiger partial charge in [-0.1, -0.05) is 42.5 Å². The fourth-order valence-corrected chi connectivity index (χ4v) is 3.03. The fraction of sp³-hybridized carbons (Fsp3) is 0.176. The minimum atomic E-state index is 0.439. The maximum absolute atomic E-state index is 6.01.